The van der Waals surface area contributed by atoms with Crippen LogP contribution in [0.15, 0.2) is 66.7 Å². The summed E-state index contributed by atoms with van der Waals surface area (Å²) in [6.45, 7) is 5.82. The standard InChI is InChI=1S/C26H24N2O4/c1-15-13-16(2)22(17(3)14-15)27-25(30)21-23(18-9-11-20(29)12-10-18)28(32-24(21)26(27)31)19-7-5-4-6-8-19/h4-14,21,23-24,29H,1-3H3. The molecule has 5 rings (SSSR count). The van der Waals surface area contributed by atoms with Crippen molar-refractivity contribution in [1.82, 2.24) is 0 Å². The smallest absolute Gasteiger partial charge is 0.266 e. The Labute approximate surface area is 186 Å². The molecule has 2 heterocycles. The summed E-state index contributed by atoms with van der Waals surface area (Å²) in [5, 5.41) is 11.4. The lowest BCUT2D eigenvalue weighted by Gasteiger charge is -2.29. The van der Waals surface area contributed by atoms with Crippen molar-refractivity contribution in [1.29, 1.82) is 0 Å². The van der Waals surface area contributed by atoms with E-state index in [1.165, 1.54) is 4.90 Å². The third-order valence-electron chi connectivity index (χ3n) is 6.22. The van der Waals surface area contributed by atoms with Gasteiger partial charge in [0.2, 0.25) is 5.91 Å². The lowest BCUT2D eigenvalue weighted by atomic mass is 9.90. The van der Waals surface area contributed by atoms with Crippen molar-refractivity contribution in [3.63, 3.8) is 0 Å². The van der Waals surface area contributed by atoms with E-state index in [-0.39, 0.29) is 17.6 Å². The summed E-state index contributed by atoms with van der Waals surface area (Å²) in [6, 6.07) is 19.6. The molecule has 0 aromatic heterocycles. The number of anilines is 2. The summed E-state index contributed by atoms with van der Waals surface area (Å²) >= 11 is 0. The molecule has 2 aliphatic heterocycles. The zero-order chi connectivity index (χ0) is 22.6. The van der Waals surface area contributed by atoms with E-state index in [0.717, 1.165) is 27.9 Å². The number of carbonyl (C=O) groups is 2. The average Bonchev–Trinajstić information content (AvgIpc) is 3.26. The maximum Gasteiger partial charge on any atom is 0.266 e. The second-order valence-electron chi connectivity index (χ2n) is 8.51. The van der Waals surface area contributed by atoms with Crippen LogP contribution in [0.1, 0.15) is 28.3 Å². The van der Waals surface area contributed by atoms with E-state index in [1.807, 2.05) is 63.2 Å². The molecule has 0 aliphatic carbocycles. The molecular weight excluding hydrogens is 404 g/mol. The Morgan fingerprint density at radius 3 is 2.09 bits per heavy atom. The zero-order valence-electron chi connectivity index (χ0n) is 18.1. The van der Waals surface area contributed by atoms with Crippen LogP contribution in [0.5, 0.6) is 5.75 Å². The summed E-state index contributed by atoms with van der Waals surface area (Å²) in [5.74, 6) is -1.19. The normalized spacial score (nSPS) is 22.5. The number of phenolic OH excluding ortho intramolecular Hbond substituents is 1. The Morgan fingerprint density at radius 1 is 0.844 bits per heavy atom. The van der Waals surface area contributed by atoms with Crippen molar-refractivity contribution in [3.05, 3.63) is 89.0 Å². The minimum Gasteiger partial charge on any atom is -0.508 e. The average molecular weight is 428 g/mol. The van der Waals surface area contributed by atoms with E-state index in [4.69, 9.17) is 4.84 Å². The first-order valence-electron chi connectivity index (χ1n) is 10.6. The number of hydrogen-bond donors (Lipinski definition) is 1. The van der Waals surface area contributed by atoms with Gasteiger partial charge in [0.15, 0.2) is 6.10 Å². The molecule has 2 amide bonds. The molecule has 162 valence electrons. The molecule has 3 aromatic rings. The summed E-state index contributed by atoms with van der Waals surface area (Å²) in [6.07, 6.45) is -0.915. The van der Waals surface area contributed by atoms with E-state index in [2.05, 4.69) is 0 Å². The molecular formula is C26H24N2O4. The number of hydroxylamine groups is 1. The molecule has 6 nitrogen and oxygen atoms in total. The van der Waals surface area contributed by atoms with Crippen molar-refractivity contribution >= 4 is 23.2 Å². The van der Waals surface area contributed by atoms with Gasteiger partial charge in [0.25, 0.3) is 5.91 Å². The number of imide groups is 1. The predicted molar refractivity (Wildman–Crippen MR) is 121 cm³/mol. The molecule has 0 spiro atoms. The van der Waals surface area contributed by atoms with Gasteiger partial charge in [0, 0.05) is 0 Å². The molecule has 2 fully saturated rings. The van der Waals surface area contributed by atoms with Gasteiger partial charge in [-0.2, -0.15) is 0 Å². The summed E-state index contributed by atoms with van der Waals surface area (Å²) in [4.78, 5) is 34.7. The van der Waals surface area contributed by atoms with Crippen molar-refractivity contribution < 1.29 is 19.5 Å². The van der Waals surface area contributed by atoms with Crippen LogP contribution >= 0.6 is 0 Å². The lowest BCUT2D eigenvalue weighted by Crippen LogP contribution is -2.38. The van der Waals surface area contributed by atoms with Crippen molar-refractivity contribution in [3.8, 4) is 5.75 Å². The molecule has 1 N–H and O–H groups in total. The highest BCUT2D eigenvalue weighted by Gasteiger charge is 2.60. The summed E-state index contributed by atoms with van der Waals surface area (Å²) in [5.41, 5.74) is 5.03. The number of carbonyl (C=O) groups excluding carboxylic acids is 2. The third-order valence-corrected chi connectivity index (χ3v) is 6.22. The van der Waals surface area contributed by atoms with Gasteiger partial charge >= 0.3 is 0 Å². The number of aromatic hydroxyl groups is 1. The summed E-state index contributed by atoms with van der Waals surface area (Å²) in [7, 11) is 0. The number of phenols is 1. The minimum absolute atomic E-state index is 0.136. The first kappa shape index (κ1) is 20.3. The van der Waals surface area contributed by atoms with Gasteiger partial charge in [-0.15, -0.1) is 0 Å². The SMILES string of the molecule is Cc1cc(C)c(N2C(=O)C3ON(c4ccccc4)C(c4ccc(O)cc4)C3C2=O)c(C)c1. The van der Waals surface area contributed by atoms with Gasteiger partial charge in [-0.05, 0) is 61.7 Å². The van der Waals surface area contributed by atoms with E-state index >= 15 is 0 Å². The molecule has 3 aromatic carbocycles. The van der Waals surface area contributed by atoms with Gasteiger partial charge in [-0.1, -0.05) is 48.0 Å². The number of rotatable bonds is 3. The lowest BCUT2D eigenvalue weighted by molar-refractivity contribution is -0.126. The largest absolute Gasteiger partial charge is 0.508 e. The molecule has 32 heavy (non-hydrogen) atoms. The zero-order valence-corrected chi connectivity index (χ0v) is 18.1. The van der Waals surface area contributed by atoms with Gasteiger partial charge in [-0.25, -0.2) is 9.96 Å². The molecule has 6 heteroatoms. The van der Waals surface area contributed by atoms with Crippen molar-refractivity contribution in [2.24, 2.45) is 5.92 Å². The fraction of sp³-hybridized carbons (Fsp3) is 0.231. The van der Waals surface area contributed by atoms with Crippen LogP contribution in [0, 0.1) is 26.7 Å². The van der Waals surface area contributed by atoms with Crippen LogP contribution in [0.4, 0.5) is 11.4 Å². The number of benzene rings is 3. The van der Waals surface area contributed by atoms with E-state index in [0.29, 0.717) is 5.69 Å². The highest BCUT2D eigenvalue weighted by atomic mass is 16.7. The molecule has 3 atom stereocenters. The van der Waals surface area contributed by atoms with E-state index in [1.54, 1.807) is 29.3 Å². The van der Waals surface area contributed by atoms with Crippen LogP contribution in [-0.4, -0.2) is 23.0 Å². The summed E-state index contributed by atoms with van der Waals surface area (Å²) < 4.78 is 0. The Morgan fingerprint density at radius 2 is 1.47 bits per heavy atom. The second-order valence-corrected chi connectivity index (χ2v) is 8.51. The van der Waals surface area contributed by atoms with Crippen molar-refractivity contribution in [2.75, 3.05) is 9.96 Å². The maximum absolute atomic E-state index is 13.8. The van der Waals surface area contributed by atoms with E-state index < -0.39 is 18.1 Å². The van der Waals surface area contributed by atoms with Crippen LogP contribution < -0.4 is 9.96 Å². The minimum atomic E-state index is -0.915. The quantitative estimate of drug-likeness (QED) is 0.628. The number of aryl methyl sites for hydroxylation is 3. The number of nitrogens with zero attached hydrogens (tertiary/aromatic N) is 2. The van der Waals surface area contributed by atoms with Crippen LogP contribution in [0.3, 0.4) is 0 Å². The van der Waals surface area contributed by atoms with Gasteiger partial charge in [0.05, 0.1) is 17.4 Å². The number of fused-ring (bicyclic) bond motifs is 1. The number of hydrogen-bond acceptors (Lipinski definition) is 5. The van der Waals surface area contributed by atoms with Gasteiger partial charge < -0.3 is 5.11 Å². The fourth-order valence-electron chi connectivity index (χ4n) is 4.97. The molecule has 0 saturated carbocycles. The monoisotopic (exact) mass is 428 g/mol. The Kier molecular flexibility index (Phi) is 4.75. The second kappa shape index (κ2) is 7.50. The van der Waals surface area contributed by atoms with Crippen LogP contribution in [0.2, 0.25) is 0 Å². The third kappa shape index (κ3) is 3.07. The maximum atomic E-state index is 13.8. The molecule has 0 bridgehead atoms. The Hall–Kier alpha value is -3.64. The highest BCUT2D eigenvalue weighted by Crippen LogP contribution is 2.48. The molecule has 0 radical (unpaired) electrons. The first-order chi connectivity index (χ1) is 15.4. The number of amides is 2. The van der Waals surface area contributed by atoms with Crippen molar-refractivity contribution in [2.45, 2.75) is 32.9 Å². The predicted octanol–water partition coefficient (Wildman–Crippen LogP) is 4.37. The van der Waals surface area contributed by atoms with Gasteiger partial charge in [-0.3, -0.25) is 14.4 Å². The fourth-order valence-corrected chi connectivity index (χ4v) is 4.97. The molecule has 3 unspecified atom stereocenters. The Bertz CT molecular complexity index is 1180. The van der Waals surface area contributed by atoms with Gasteiger partial charge in [0.1, 0.15) is 11.7 Å². The topological polar surface area (TPSA) is 70.1 Å². The molecule has 2 aliphatic rings. The Balaban J connectivity index is 1.61. The molecule has 2 saturated heterocycles. The first-order valence-corrected chi connectivity index (χ1v) is 10.6. The van der Waals surface area contributed by atoms with E-state index in [9.17, 15) is 14.7 Å². The highest BCUT2D eigenvalue weighted by molar-refractivity contribution is 6.24. The number of para-hydroxylation sites is 1. The van der Waals surface area contributed by atoms with Crippen LogP contribution in [0.25, 0.3) is 0 Å². The van der Waals surface area contributed by atoms with Crippen LogP contribution in [-0.2, 0) is 14.4 Å².